The zero-order valence-electron chi connectivity index (χ0n) is 12.5. The number of carbonyl (C=O) groups is 1. The van der Waals surface area contributed by atoms with Crippen molar-refractivity contribution < 1.29 is 4.79 Å². The van der Waals surface area contributed by atoms with E-state index in [9.17, 15) is 4.79 Å². The molecule has 0 heterocycles. The van der Waals surface area contributed by atoms with Crippen molar-refractivity contribution in [2.24, 2.45) is 10.8 Å². The topological polar surface area (TPSA) is 20.3 Å². The van der Waals surface area contributed by atoms with Crippen molar-refractivity contribution in [3.8, 4) is 0 Å². The molecule has 0 rings (SSSR count). The monoisotopic (exact) mass is 239 g/mol. The van der Waals surface area contributed by atoms with Crippen LogP contribution in [0.5, 0.6) is 0 Å². The Morgan fingerprint density at radius 3 is 2.18 bits per heavy atom. The molecule has 0 bridgehead atoms. The Labute approximate surface area is 107 Å². The van der Waals surface area contributed by atoms with Gasteiger partial charge in [-0.05, 0) is 29.9 Å². The summed E-state index contributed by atoms with van der Waals surface area (Å²) in [6, 6.07) is 0. The van der Waals surface area contributed by atoms with Gasteiger partial charge in [-0.1, -0.05) is 47.6 Å². The van der Waals surface area contributed by atoms with Gasteiger partial charge >= 0.3 is 0 Å². The van der Waals surface area contributed by atoms with E-state index in [-0.39, 0.29) is 11.3 Å². The smallest absolute Gasteiger partial charge is 0.226 e. The Balaban J connectivity index is 4.27. The fourth-order valence-corrected chi connectivity index (χ4v) is 2.23. The second kappa shape index (κ2) is 6.23. The second-order valence-electron chi connectivity index (χ2n) is 6.55. The van der Waals surface area contributed by atoms with E-state index in [4.69, 9.17) is 0 Å². The number of hydrogen-bond acceptors (Lipinski definition) is 1. The third kappa shape index (κ3) is 6.50. The highest BCUT2D eigenvalue weighted by molar-refractivity contribution is 5.76. The van der Waals surface area contributed by atoms with E-state index < -0.39 is 0 Å². The van der Waals surface area contributed by atoms with Crippen LogP contribution in [0.3, 0.4) is 0 Å². The second-order valence-corrected chi connectivity index (χ2v) is 6.55. The predicted octanol–water partition coefficient (Wildman–Crippen LogP) is 4.22. The van der Waals surface area contributed by atoms with Gasteiger partial charge in [-0.2, -0.15) is 0 Å². The maximum atomic E-state index is 11.7. The lowest BCUT2D eigenvalue weighted by molar-refractivity contribution is -0.128. The molecule has 0 aliphatic heterocycles. The minimum absolute atomic E-state index is 0.155. The van der Waals surface area contributed by atoms with E-state index >= 15 is 0 Å². The normalized spacial score (nSPS) is 12.4. The van der Waals surface area contributed by atoms with Crippen LogP contribution in [-0.4, -0.2) is 17.9 Å². The molecule has 2 nitrogen and oxygen atoms in total. The quantitative estimate of drug-likeness (QED) is 0.651. The molecule has 17 heavy (non-hydrogen) atoms. The molecule has 2 heteroatoms. The van der Waals surface area contributed by atoms with Crippen molar-refractivity contribution in [2.45, 2.75) is 60.3 Å². The molecule has 100 valence electrons. The number of carbonyl (C=O) groups excluding carboxylic acids is 1. The first-order chi connectivity index (χ1) is 7.63. The lowest BCUT2D eigenvalue weighted by Crippen LogP contribution is -2.26. The van der Waals surface area contributed by atoms with Crippen molar-refractivity contribution in [1.82, 2.24) is 4.90 Å². The average Bonchev–Trinajstić information content (AvgIpc) is 2.23. The summed E-state index contributed by atoms with van der Waals surface area (Å²) in [5.74, 6) is 0.155. The van der Waals surface area contributed by atoms with Crippen LogP contribution in [0.2, 0.25) is 0 Å². The van der Waals surface area contributed by atoms with Crippen molar-refractivity contribution in [3.63, 3.8) is 0 Å². The molecule has 0 aromatic rings. The van der Waals surface area contributed by atoms with Crippen molar-refractivity contribution >= 4 is 5.91 Å². The summed E-state index contributed by atoms with van der Waals surface area (Å²) < 4.78 is 0. The molecule has 0 fully saturated rings. The van der Waals surface area contributed by atoms with E-state index in [1.165, 1.54) is 6.42 Å². The van der Waals surface area contributed by atoms with Crippen LogP contribution >= 0.6 is 0 Å². The SMILES string of the molecule is C=CN(C)C(=O)CCC(C)(C)CC(C)(C)CC. The van der Waals surface area contributed by atoms with Gasteiger partial charge in [0.15, 0.2) is 0 Å². The highest BCUT2D eigenvalue weighted by Crippen LogP contribution is 2.38. The van der Waals surface area contributed by atoms with Crippen LogP contribution in [0.4, 0.5) is 0 Å². The molecule has 0 spiro atoms. The summed E-state index contributed by atoms with van der Waals surface area (Å²) in [4.78, 5) is 13.3. The standard InChI is InChI=1S/C15H29NO/c1-8-14(3,4)12-15(5,6)11-10-13(17)16(7)9-2/h9H,2,8,10-12H2,1,3-7H3. The van der Waals surface area contributed by atoms with Gasteiger partial charge < -0.3 is 4.90 Å². The third-order valence-electron chi connectivity index (χ3n) is 3.60. The molecule has 0 atom stereocenters. The Bertz CT molecular complexity index is 266. The highest BCUT2D eigenvalue weighted by atomic mass is 16.2. The molecule has 0 saturated carbocycles. The summed E-state index contributed by atoms with van der Waals surface area (Å²) in [6.07, 6.45) is 5.45. The molecular weight excluding hydrogens is 210 g/mol. The molecule has 0 aliphatic carbocycles. The third-order valence-corrected chi connectivity index (χ3v) is 3.60. The average molecular weight is 239 g/mol. The Morgan fingerprint density at radius 2 is 1.76 bits per heavy atom. The van der Waals surface area contributed by atoms with Gasteiger partial charge in [-0.3, -0.25) is 4.79 Å². The first-order valence-corrected chi connectivity index (χ1v) is 6.52. The zero-order chi connectivity index (χ0) is 13.7. The van der Waals surface area contributed by atoms with E-state index in [0.717, 1.165) is 12.8 Å². The molecule has 0 radical (unpaired) electrons. The minimum Gasteiger partial charge on any atom is -0.323 e. The summed E-state index contributed by atoms with van der Waals surface area (Å²) in [5, 5.41) is 0. The fourth-order valence-electron chi connectivity index (χ4n) is 2.23. The van der Waals surface area contributed by atoms with Crippen LogP contribution in [0.25, 0.3) is 0 Å². The molecule has 0 aromatic carbocycles. The Hall–Kier alpha value is -0.790. The van der Waals surface area contributed by atoms with Gasteiger partial charge in [-0.15, -0.1) is 0 Å². The van der Waals surface area contributed by atoms with Gasteiger partial charge in [0.25, 0.3) is 0 Å². The Kier molecular flexibility index (Phi) is 5.94. The Morgan fingerprint density at radius 1 is 1.24 bits per heavy atom. The number of hydrogen-bond donors (Lipinski definition) is 0. The van der Waals surface area contributed by atoms with Gasteiger partial charge in [-0.25, -0.2) is 0 Å². The zero-order valence-corrected chi connectivity index (χ0v) is 12.5. The van der Waals surface area contributed by atoms with Gasteiger partial charge in [0.05, 0.1) is 0 Å². The van der Waals surface area contributed by atoms with Gasteiger partial charge in [0.2, 0.25) is 5.91 Å². The van der Waals surface area contributed by atoms with E-state index in [1.807, 2.05) is 0 Å². The molecule has 0 saturated heterocycles. The number of nitrogens with zero attached hydrogens (tertiary/aromatic N) is 1. The van der Waals surface area contributed by atoms with Crippen LogP contribution < -0.4 is 0 Å². The first-order valence-electron chi connectivity index (χ1n) is 6.52. The van der Waals surface area contributed by atoms with Crippen molar-refractivity contribution in [1.29, 1.82) is 0 Å². The van der Waals surface area contributed by atoms with Gasteiger partial charge in [0, 0.05) is 13.5 Å². The van der Waals surface area contributed by atoms with E-state index in [1.54, 1.807) is 18.1 Å². The summed E-state index contributed by atoms with van der Waals surface area (Å²) in [7, 11) is 1.76. The van der Waals surface area contributed by atoms with Crippen LogP contribution in [0.1, 0.15) is 60.3 Å². The molecule has 0 aliphatic rings. The lowest BCUT2D eigenvalue weighted by atomic mass is 9.71. The lowest BCUT2D eigenvalue weighted by Gasteiger charge is -2.34. The largest absolute Gasteiger partial charge is 0.323 e. The maximum absolute atomic E-state index is 11.7. The summed E-state index contributed by atoms with van der Waals surface area (Å²) >= 11 is 0. The van der Waals surface area contributed by atoms with Gasteiger partial charge in [0.1, 0.15) is 0 Å². The highest BCUT2D eigenvalue weighted by Gasteiger charge is 2.28. The summed E-state index contributed by atoms with van der Waals surface area (Å²) in [6.45, 7) is 14.9. The van der Waals surface area contributed by atoms with Crippen LogP contribution in [-0.2, 0) is 4.79 Å². The number of rotatable bonds is 7. The maximum Gasteiger partial charge on any atom is 0.226 e. The number of amides is 1. The van der Waals surface area contributed by atoms with Crippen LogP contribution in [0, 0.1) is 10.8 Å². The molecule has 0 unspecified atom stereocenters. The van der Waals surface area contributed by atoms with Crippen molar-refractivity contribution in [3.05, 3.63) is 12.8 Å². The molecule has 0 aromatic heterocycles. The fraction of sp³-hybridized carbons (Fsp3) is 0.800. The predicted molar refractivity (Wildman–Crippen MR) is 74.7 cm³/mol. The summed E-state index contributed by atoms with van der Waals surface area (Å²) in [5.41, 5.74) is 0.577. The minimum atomic E-state index is 0.155. The van der Waals surface area contributed by atoms with Crippen LogP contribution in [0.15, 0.2) is 12.8 Å². The van der Waals surface area contributed by atoms with E-state index in [2.05, 4.69) is 41.2 Å². The van der Waals surface area contributed by atoms with E-state index in [0.29, 0.717) is 11.8 Å². The first kappa shape index (κ1) is 16.2. The van der Waals surface area contributed by atoms with Crippen molar-refractivity contribution in [2.75, 3.05) is 7.05 Å². The molecular formula is C15H29NO. The molecule has 1 amide bonds. The molecule has 0 N–H and O–H groups in total.